The summed E-state index contributed by atoms with van der Waals surface area (Å²) in [5.74, 6) is -5.64. The van der Waals surface area contributed by atoms with Gasteiger partial charge in [0, 0.05) is 12.8 Å². The van der Waals surface area contributed by atoms with Gasteiger partial charge in [-0.05, 0) is 0 Å². The molecule has 0 bridgehead atoms. The normalized spacial score (nSPS) is 9.00. The second kappa shape index (κ2) is 4.22. The molecule has 66 valence electrons. The largest absolute Gasteiger partial charge is 0.476 e. The topological polar surface area (TPSA) is 109 Å². The molecule has 0 heterocycles. The second-order valence-electron chi connectivity index (χ2n) is 1.96. The lowest BCUT2D eigenvalue weighted by Crippen LogP contribution is -2.17. The fourth-order valence-corrected chi connectivity index (χ4v) is 0.441. The van der Waals surface area contributed by atoms with E-state index in [2.05, 4.69) is 0 Å². The Morgan fingerprint density at radius 3 is 1.17 bits per heavy atom. The number of carbonyl (C=O) groups excluding carboxylic acids is 2. The molecule has 0 radical (unpaired) electrons. The first-order valence-corrected chi connectivity index (χ1v) is 2.97. The van der Waals surface area contributed by atoms with Gasteiger partial charge >= 0.3 is 11.9 Å². The average Bonchev–Trinajstić information content (AvgIpc) is 1.98. The first-order valence-electron chi connectivity index (χ1n) is 2.97. The zero-order chi connectivity index (χ0) is 9.72. The summed E-state index contributed by atoms with van der Waals surface area (Å²) >= 11 is 0. The Morgan fingerprint density at radius 1 is 0.750 bits per heavy atom. The maximum atomic E-state index is 10.3. The van der Waals surface area contributed by atoms with Crippen molar-refractivity contribution in [1.82, 2.24) is 0 Å². The first-order chi connectivity index (χ1) is 5.45. The van der Waals surface area contributed by atoms with E-state index in [0.29, 0.717) is 0 Å². The van der Waals surface area contributed by atoms with Crippen molar-refractivity contribution >= 4 is 23.5 Å². The van der Waals surface area contributed by atoms with Crippen molar-refractivity contribution in [1.29, 1.82) is 0 Å². The zero-order valence-corrected chi connectivity index (χ0v) is 5.94. The summed E-state index contributed by atoms with van der Waals surface area (Å²) in [5, 5.41) is 16.1. The molecule has 6 nitrogen and oxygen atoms in total. The second-order valence-corrected chi connectivity index (χ2v) is 1.96. The van der Waals surface area contributed by atoms with E-state index in [1.165, 1.54) is 0 Å². The highest BCUT2D eigenvalue weighted by molar-refractivity contribution is 6.36. The minimum Gasteiger partial charge on any atom is -0.476 e. The molecule has 0 spiro atoms. The minimum atomic E-state index is -1.66. The molecular weight excluding hydrogens is 168 g/mol. The predicted octanol–water partition coefficient (Wildman–Crippen LogP) is -0.926. The molecule has 0 aromatic heterocycles. The van der Waals surface area contributed by atoms with Crippen LogP contribution in [-0.4, -0.2) is 33.7 Å². The third kappa shape index (κ3) is 3.45. The number of ketones is 2. The highest BCUT2D eigenvalue weighted by atomic mass is 16.4. The van der Waals surface area contributed by atoms with Crippen LogP contribution in [0.15, 0.2) is 0 Å². The molecule has 0 unspecified atom stereocenters. The van der Waals surface area contributed by atoms with Crippen LogP contribution < -0.4 is 0 Å². The van der Waals surface area contributed by atoms with Crippen LogP contribution in [0.2, 0.25) is 0 Å². The number of aliphatic carboxylic acids is 2. The van der Waals surface area contributed by atoms with Crippen molar-refractivity contribution in [2.75, 3.05) is 0 Å². The molecule has 0 aliphatic carbocycles. The first kappa shape index (κ1) is 10.3. The quantitative estimate of drug-likeness (QED) is 0.521. The van der Waals surface area contributed by atoms with Gasteiger partial charge in [-0.25, -0.2) is 9.59 Å². The van der Waals surface area contributed by atoms with Crippen LogP contribution in [0, 0.1) is 0 Å². The van der Waals surface area contributed by atoms with Crippen molar-refractivity contribution in [2.24, 2.45) is 0 Å². The fourth-order valence-electron chi connectivity index (χ4n) is 0.441. The molecule has 0 aliphatic rings. The number of Topliss-reactive ketones (excluding diaryl/α,β-unsaturated/α-hetero) is 2. The van der Waals surface area contributed by atoms with Crippen molar-refractivity contribution < 1.29 is 29.4 Å². The van der Waals surface area contributed by atoms with E-state index in [9.17, 15) is 19.2 Å². The van der Waals surface area contributed by atoms with Gasteiger partial charge in [0.25, 0.3) is 0 Å². The van der Waals surface area contributed by atoms with Crippen LogP contribution in [0.1, 0.15) is 12.8 Å². The standard InChI is InChI=1S/C6H6O6/c7-3(5(9)10)1-2-4(8)6(11)12/h1-2H2,(H,9,10)(H,11,12). The van der Waals surface area contributed by atoms with Gasteiger partial charge in [-0.2, -0.15) is 0 Å². The Kier molecular flexibility index (Phi) is 3.61. The van der Waals surface area contributed by atoms with E-state index in [4.69, 9.17) is 10.2 Å². The molecule has 0 fully saturated rings. The van der Waals surface area contributed by atoms with Gasteiger partial charge in [-0.3, -0.25) is 9.59 Å². The van der Waals surface area contributed by atoms with Crippen molar-refractivity contribution in [3.63, 3.8) is 0 Å². The summed E-state index contributed by atoms with van der Waals surface area (Å²) in [6, 6.07) is 0. The Hall–Kier alpha value is -1.72. The van der Waals surface area contributed by atoms with Gasteiger partial charge in [-0.1, -0.05) is 0 Å². The molecule has 0 rings (SSSR count). The summed E-state index contributed by atoms with van der Waals surface area (Å²) in [4.78, 5) is 40.4. The molecule has 6 heteroatoms. The number of carboxylic acid groups (broad SMARTS) is 2. The molecule has 2 N–H and O–H groups in total. The number of carbonyl (C=O) groups is 4. The van der Waals surface area contributed by atoms with Crippen LogP contribution in [0.5, 0.6) is 0 Å². The zero-order valence-electron chi connectivity index (χ0n) is 5.94. The third-order valence-electron chi connectivity index (χ3n) is 1.06. The lowest BCUT2D eigenvalue weighted by Gasteiger charge is -1.91. The van der Waals surface area contributed by atoms with E-state index in [0.717, 1.165) is 0 Å². The predicted molar refractivity (Wildman–Crippen MR) is 34.5 cm³/mol. The van der Waals surface area contributed by atoms with Crippen LogP contribution in [-0.2, 0) is 19.2 Å². The van der Waals surface area contributed by atoms with Crippen LogP contribution in [0.3, 0.4) is 0 Å². The van der Waals surface area contributed by atoms with E-state index in [-0.39, 0.29) is 0 Å². The molecular formula is C6H6O6. The molecule has 0 atom stereocenters. The van der Waals surface area contributed by atoms with Crippen LogP contribution in [0.4, 0.5) is 0 Å². The Morgan fingerprint density at radius 2 is 1.00 bits per heavy atom. The maximum absolute atomic E-state index is 10.3. The van der Waals surface area contributed by atoms with Crippen molar-refractivity contribution in [3.8, 4) is 0 Å². The lowest BCUT2D eigenvalue weighted by molar-refractivity contribution is -0.151. The molecule has 0 amide bonds. The number of hydrogen-bond donors (Lipinski definition) is 2. The number of carboxylic acids is 2. The smallest absolute Gasteiger partial charge is 0.372 e. The monoisotopic (exact) mass is 174 g/mol. The lowest BCUT2D eigenvalue weighted by atomic mass is 10.1. The summed E-state index contributed by atoms with van der Waals surface area (Å²) < 4.78 is 0. The van der Waals surface area contributed by atoms with Crippen molar-refractivity contribution in [2.45, 2.75) is 12.8 Å². The Labute approximate surface area is 66.8 Å². The van der Waals surface area contributed by atoms with E-state index < -0.39 is 36.3 Å². The Balaban J connectivity index is 3.85. The maximum Gasteiger partial charge on any atom is 0.372 e. The fraction of sp³-hybridized carbons (Fsp3) is 0.333. The molecule has 0 aliphatic heterocycles. The third-order valence-corrected chi connectivity index (χ3v) is 1.06. The van der Waals surface area contributed by atoms with Gasteiger partial charge in [-0.15, -0.1) is 0 Å². The van der Waals surface area contributed by atoms with Gasteiger partial charge in [0.15, 0.2) is 0 Å². The van der Waals surface area contributed by atoms with Crippen LogP contribution >= 0.6 is 0 Å². The minimum absolute atomic E-state index is 0.569. The van der Waals surface area contributed by atoms with Crippen LogP contribution in [0.25, 0.3) is 0 Å². The van der Waals surface area contributed by atoms with Gasteiger partial charge in [0.2, 0.25) is 11.6 Å². The number of hydrogen-bond acceptors (Lipinski definition) is 4. The highest BCUT2D eigenvalue weighted by Crippen LogP contribution is 1.92. The van der Waals surface area contributed by atoms with Gasteiger partial charge in [0.05, 0.1) is 0 Å². The highest BCUT2D eigenvalue weighted by Gasteiger charge is 2.17. The van der Waals surface area contributed by atoms with Gasteiger partial charge in [0.1, 0.15) is 0 Å². The molecule has 0 saturated carbocycles. The number of rotatable bonds is 5. The summed E-state index contributed by atoms with van der Waals surface area (Å²) in [5.41, 5.74) is 0. The van der Waals surface area contributed by atoms with E-state index in [1.54, 1.807) is 0 Å². The summed E-state index contributed by atoms with van der Waals surface area (Å²) in [7, 11) is 0. The molecule has 0 aromatic rings. The summed E-state index contributed by atoms with van der Waals surface area (Å²) in [6.07, 6.45) is -1.14. The van der Waals surface area contributed by atoms with Crippen molar-refractivity contribution in [3.05, 3.63) is 0 Å². The van der Waals surface area contributed by atoms with E-state index in [1.807, 2.05) is 0 Å². The van der Waals surface area contributed by atoms with E-state index >= 15 is 0 Å². The van der Waals surface area contributed by atoms with Gasteiger partial charge < -0.3 is 10.2 Å². The molecule has 12 heavy (non-hydrogen) atoms. The average molecular weight is 174 g/mol. The Bertz CT molecular complexity index is 214. The molecule has 0 saturated heterocycles. The summed E-state index contributed by atoms with van der Waals surface area (Å²) in [6.45, 7) is 0. The molecule has 0 aromatic carbocycles. The SMILES string of the molecule is O=C(O)C(=O)CCC(=O)C(=O)O.